The van der Waals surface area contributed by atoms with E-state index in [-0.39, 0.29) is 16.6 Å². The van der Waals surface area contributed by atoms with Crippen molar-refractivity contribution < 1.29 is 9.13 Å². The Bertz CT molecular complexity index is 1400. The van der Waals surface area contributed by atoms with E-state index >= 15 is 0 Å². The molecule has 3 heterocycles. The van der Waals surface area contributed by atoms with Gasteiger partial charge in [0.2, 0.25) is 0 Å². The molecule has 1 fully saturated rings. The van der Waals surface area contributed by atoms with Crippen LogP contribution in [0.4, 0.5) is 4.39 Å². The van der Waals surface area contributed by atoms with E-state index in [0.717, 1.165) is 45.1 Å². The van der Waals surface area contributed by atoms with E-state index in [4.69, 9.17) is 4.74 Å². The standard InChI is InChI=1S/C26H32FN5O3/c1-17(2)24-21(28-16-32(24)15-18(3)14-31-7-9-35-10-8-31)13-23-26(34)29-22(25(33)30-23)12-19-5-4-6-20(27)11-19/h4-6,11-13,16-18H,7-10,14-15H2,1-3H3,(H,29,34)(H,30,33)/b22-12-,23-13-. The number of rotatable bonds is 7. The zero-order valence-electron chi connectivity index (χ0n) is 20.4. The lowest BCUT2D eigenvalue weighted by Gasteiger charge is -2.29. The Balaban J connectivity index is 1.63. The molecule has 0 saturated carbocycles. The summed E-state index contributed by atoms with van der Waals surface area (Å²) in [6.45, 7) is 11.6. The molecule has 2 aromatic heterocycles. The highest BCUT2D eigenvalue weighted by Gasteiger charge is 2.18. The van der Waals surface area contributed by atoms with E-state index < -0.39 is 16.9 Å². The van der Waals surface area contributed by atoms with E-state index in [1.54, 1.807) is 24.5 Å². The van der Waals surface area contributed by atoms with Crippen LogP contribution in [0.3, 0.4) is 0 Å². The third-order valence-corrected chi connectivity index (χ3v) is 6.06. The fourth-order valence-corrected chi connectivity index (χ4v) is 4.51. The van der Waals surface area contributed by atoms with E-state index in [1.165, 1.54) is 18.2 Å². The highest BCUT2D eigenvalue weighted by molar-refractivity contribution is 5.49. The van der Waals surface area contributed by atoms with Crippen molar-refractivity contribution in [1.29, 1.82) is 0 Å². The second kappa shape index (κ2) is 11.0. The fraction of sp³-hybridized carbons (Fsp3) is 0.423. The average molecular weight is 482 g/mol. The third kappa shape index (κ3) is 6.23. The molecule has 35 heavy (non-hydrogen) atoms. The lowest BCUT2D eigenvalue weighted by molar-refractivity contribution is 0.0306. The van der Waals surface area contributed by atoms with Gasteiger partial charge in [-0.2, -0.15) is 0 Å². The van der Waals surface area contributed by atoms with Gasteiger partial charge in [0.25, 0.3) is 11.1 Å². The first-order valence-electron chi connectivity index (χ1n) is 12.0. The number of hydrogen-bond donors (Lipinski definition) is 2. The molecule has 0 radical (unpaired) electrons. The van der Waals surface area contributed by atoms with Crippen molar-refractivity contribution in [2.45, 2.75) is 33.2 Å². The first-order valence-corrected chi connectivity index (χ1v) is 12.0. The van der Waals surface area contributed by atoms with Crippen molar-refractivity contribution in [3.63, 3.8) is 0 Å². The third-order valence-electron chi connectivity index (χ3n) is 6.06. The molecule has 0 amide bonds. The number of nitrogens with zero attached hydrogens (tertiary/aromatic N) is 3. The maximum atomic E-state index is 13.5. The number of nitrogens with one attached hydrogen (secondary N) is 2. The van der Waals surface area contributed by atoms with E-state index in [0.29, 0.717) is 17.2 Å². The van der Waals surface area contributed by atoms with Crippen LogP contribution in [0.25, 0.3) is 12.2 Å². The van der Waals surface area contributed by atoms with Gasteiger partial charge in [0.05, 0.1) is 25.2 Å². The Labute approximate surface area is 202 Å². The summed E-state index contributed by atoms with van der Waals surface area (Å²) in [5.41, 5.74) is 1.23. The molecule has 0 aliphatic carbocycles. The Hall–Kier alpha value is -3.30. The number of ether oxygens (including phenoxy) is 1. The molecule has 186 valence electrons. The van der Waals surface area contributed by atoms with Crippen LogP contribution >= 0.6 is 0 Å². The van der Waals surface area contributed by atoms with E-state index in [1.807, 2.05) is 0 Å². The second-order valence-electron chi connectivity index (χ2n) is 9.42. The normalized spacial score (nSPS) is 16.8. The van der Waals surface area contributed by atoms with Crippen molar-refractivity contribution in [2.24, 2.45) is 5.92 Å². The van der Waals surface area contributed by atoms with Gasteiger partial charge in [0, 0.05) is 31.9 Å². The minimum absolute atomic E-state index is 0.0595. The van der Waals surface area contributed by atoms with Crippen LogP contribution in [0.5, 0.6) is 0 Å². The van der Waals surface area contributed by atoms with Gasteiger partial charge in [-0.25, -0.2) is 9.37 Å². The minimum Gasteiger partial charge on any atom is -0.379 e. The molecular formula is C26H32FN5O3. The molecule has 0 spiro atoms. The minimum atomic E-state index is -0.468. The highest BCUT2D eigenvalue weighted by Crippen LogP contribution is 2.21. The Morgan fingerprint density at radius 1 is 1.06 bits per heavy atom. The summed E-state index contributed by atoms with van der Waals surface area (Å²) in [5.74, 6) is 0.165. The Morgan fingerprint density at radius 3 is 2.40 bits per heavy atom. The number of morpholine rings is 1. The average Bonchev–Trinajstić information content (AvgIpc) is 3.20. The maximum absolute atomic E-state index is 13.5. The summed E-state index contributed by atoms with van der Waals surface area (Å²) in [6.07, 6.45) is 4.86. The molecule has 4 rings (SSSR count). The number of imidazole rings is 1. The maximum Gasteiger partial charge on any atom is 0.272 e. The number of halogens is 1. The summed E-state index contributed by atoms with van der Waals surface area (Å²) in [6, 6.07) is 5.81. The first kappa shape index (κ1) is 24.8. The van der Waals surface area contributed by atoms with Gasteiger partial charge >= 0.3 is 0 Å². The Morgan fingerprint density at radius 2 is 1.74 bits per heavy atom. The summed E-state index contributed by atoms with van der Waals surface area (Å²) in [5, 5.41) is 0.184. The quantitative estimate of drug-likeness (QED) is 0.528. The molecule has 1 unspecified atom stereocenters. The van der Waals surface area contributed by atoms with Crippen LogP contribution in [0.2, 0.25) is 0 Å². The van der Waals surface area contributed by atoms with Crippen LogP contribution in [0.15, 0.2) is 40.2 Å². The molecule has 1 atom stereocenters. The van der Waals surface area contributed by atoms with Gasteiger partial charge < -0.3 is 19.3 Å². The van der Waals surface area contributed by atoms with Crippen LogP contribution in [-0.2, 0) is 11.3 Å². The van der Waals surface area contributed by atoms with Gasteiger partial charge in [-0.15, -0.1) is 0 Å². The topological polar surface area (TPSA) is 96.0 Å². The van der Waals surface area contributed by atoms with Gasteiger partial charge in [0.15, 0.2) is 0 Å². The van der Waals surface area contributed by atoms with E-state index in [9.17, 15) is 14.0 Å². The van der Waals surface area contributed by atoms with Crippen LogP contribution < -0.4 is 21.8 Å². The summed E-state index contributed by atoms with van der Waals surface area (Å²) in [4.78, 5) is 37.6. The van der Waals surface area contributed by atoms with Crippen molar-refractivity contribution in [2.75, 3.05) is 32.8 Å². The summed E-state index contributed by atoms with van der Waals surface area (Å²) >= 11 is 0. The van der Waals surface area contributed by atoms with E-state index in [2.05, 4.69) is 45.2 Å². The lowest BCUT2D eigenvalue weighted by Crippen LogP contribution is -2.46. The second-order valence-corrected chi connectivity index (χ2v) is 9.42. The largest absolute Gasteiger partial charge is 0.379 e. The number of H-pyrrole nitrogens is 2. The van der Waals surface area contributed by atoms with Crippen LogP contribution in [0, 0.1) is 11.7 Å². The first-order chi connectivity index (χ1) is 16.8. The lowest BCUT2D eigenvalue weighted by atomic mass is 10.1. The molecular weight excluding hydrogens is 449 g/mol. The highest BCUT2D eigenvalue weighted by atomic mass is 19.1. The molecule has 9 heteroatoms. The monoisotopic (exact) mass is 481 g/mol. The van der Waals surface area contributed by atoms with Crippen molar-refractivity contribution >= 4 is 12.2 Å². The molecule has 8 nitrogen and oxygen atoms in total. The van der Waals surface area contributed by atoms with Gasteiger partial charge in [-0.1, -0.05) is 32.9 Å². The molecule has 0 bridgehead atoms. The fourth-order valence-electron chi connectivity index (χ4n) is 4.51. The van der Waals surface area contributed by atoms with Crippen LogP contribution in [0.1, 0.15) is 43.6 Å². The Kier molecular flexibility index (Phi) is 7.77. The van der Waals surface area contributed by atoms with Crippen molar-refractivity contribution in [3.05, 3.63) is 84.8 Å². The predicted molar refractivity (Wildman–Crippen MR) is 133 cm³/mol. The van der Waals surface area contributed by atoms with Crippen molar-refractivity contribution in [3.8, 4) is 0 Å². The number of aromatic nitrogens is 4. The molecule has 2 N–H and O–H groups in total. The van der Waals surface area contributed by atoms with Gasteiger partial charge in [-0.3, -0.25) is 14.5 Å². The summed E-state index contributed by atoms with van der Waals surface area (Å²) < 4.78 is 21.0. The zero-order chi connectivity index (χ0) is 24.9. The molecule has 1 aromatic carbocycles. The smallest absolute Gasteiger partial charge is 0.272 e. The zero-order valence-corrected chi connectivity index (χ0v) is 20.4. The molecule has 1 saturated heterocycles. The SMILES string of the molecule is CC(CN1CCOCC1)Cn1cnc(/C=c2\[nH]c(=O)/c(=C/c3cccc(F)c3)[nH]c2=O)c1C(C)C. The van der Waals surface area contributed by atoms with Gasteiger partial charge in [-0.05, 0) is 41.7 Å². The van der Waals surface area contributed by atoms with Gasteiger partial charge in [0.1, 0.15) is 16.5 Å². The molecule has 1 aliphatic rings. The van der Waals surface area contributed by atoms with Crippen molar-refractivity contribution in [1.82, 2.24) is 24.4 Å². The molecule has 1 aliphatic heterocycles. The molecule has 3 aromatic rings. The predicted octanol–water partition coefficient (Wildman–Crippen LogP) is 1.15. The van der Waals surface area contributed by atoms with Crippen LogP contribution in [-0.4, -0.2) is 57.3 Å². The summed E-state index contributed by atoms with van der Waals surface area (Å²) in [7, 11) is 0. The number of hydrogen-bond acceptors (Lipinski definition) is 5. The number of aromatic amines is 2. The number of benzene rings is 1.